The lowest BCUT2D eigenvalue weighted by molar-refractivity contribution is -0.175. The first kappa shape index (κ1) is 27.0. The van der Waals surface area contributed by atoms with E-state index in [1.54, 1.807) is 20.8 Å². The lowest BCUT2D eigenvalue weighted by atomic mass is 10.1. The van der Waals surface area contributed by atoms with E-state index < -0.39 is 67.1 Å². The summed E-state index contributed by atoms with van der Waals surface area (Å²) in [4.78, 5) is 59.0. The monoisotopic (exact) mass is 512 g/mol. The first-order valence-electron chi connectivity index (χ1n) is 11.3. The number of imidazole rings is 1. The molecule has 1 fully saturated rings. The zero-order valence-electron chi connectivity index (χ0n) is 20.0. The molecule has 36 heavy (non-hydrogen) atoms. The van der Waals surface area contributed by atoms with Crippen molar-refractivity contribution in [3.63, 3.8) is 0 Å². The minimum Gasteiger partial charge on any atom is -0.466 e. The molecule has 2 unspecified atom stereocenters. The number of H-pyrrole nitrogens is 1. The van der Waals surface area contributed by atoms with Gasteiger partial charge in [0.1, 0.15) is 31.2 Å². The van der Waals surface area contributed by atoms with E-state index in [2.05, 4.69) is 15.0 Å². The van der Waals surface area contributed by atoms with Gasteiger partial charge in [0.05, 0.1) is 19.4 Å². The van der Waals surface area contributed by atoms with Crippen LogP contribution >= 0.6 is 0 Å². The summed E-state index contributed by atoms with van der Waals surface area (Å²) < 4.78 is 36.8. The van der Waals surface area contributed by atoms with E-state index in [1.807, 2.05) is 0 Å². The van der Waals surface area contributed by atoms with Crippen LogP contribution in [0.25, 0.3) is 11.2 Å². The fourth-order valence-electron chi connectivity index (χ4n) is 3.46. The zero-order valence-corrected chi connectivity index (χ0v) is 20.0. The molecule has 1 aliphatic rings. The predicted octanol–water partition coefficient (Wildman–Crippen LogP) is -0.281. The van der Waals surface area contributed by atoms with Gasteiger partial charge < -0.3 is 30.4 Å². The third-order valence-electron chi connectivity index (χ3n) is 5.48. The van der Waals surface area contributed by atoms with Crippen molar-refractivity contribution in [3.05, 3.63) is 16.7 Å². The summed E-state index contributed by atoms with van der Waals surface area (Å²) in [5.41, 5.74) is 10.9. The molecule has 0 spiro atoms. The highest BCUT2D eigenvalue weighted by Gasteiger charge is 2.39. The van der Waals surface area contributed by atoms with Gasteiger partial charge in [0.15, 0.2) is 11.2 Å². The van der Waals surface area contributed by atoms with Gasteiger partial charge in [0.2, 0.25) is 12.1 Å². The highest BCUT2D eigenvalue weighted by molar-refractivity contribution is 5.85. The Bertz CT molecular complexity index is 1170. The number of alkyl halides is 1. The molecule has 5 atom stereocenters. The Labute approximate surface area is 204 Å². The van der Waals surface area contributed by atoms with Gasteiger partial charge in [0.25, 0.3) is 5.56 Å². The Kier molecular flexibility index (Phi) is 8.57. The maximum atomic E-state index is 14.7. The lowest BCUT2D eigenvalue weighted by Crippen LogP contribution is -2.42. The van der Waals surface area contributed by atoms with Crippen molar-refractivity contribution in [1.82, 2.24) is 19.5 Å². The third kappa shape index (κ3) is 6.15. The number of aromatic amines is 1. The van der Waals surface area contributed by atoms with Crippen molar-refractivity contribution in [2.45, 2.75) is 64.3 Å². The van der Waals surface area contributed by atoms with E-state index in [4.69, 9.17) is 30.4 Å². The number of esters is 3. The molecule has 1 aliphatic heterocycles. The maximum Gasteiger partial charge on any atom is 0.348 e. The summed E-state index contributed by atoms with van der Waals surface area (Å²) in [7, 11) is 0. The number of carbonyl (C=O) groups is 3. The van der Waals surface area contributed by atoms with Crippen LogP contribution in [0.15, 0.2) is 11.1 Å². The number of rotatable bonds is 10. The molecule has 14 nitrogen and oxygen atoms in total. The van der Waals surface area contributed by atoms with Crippen molar-refractivity contribution in [2.24, 2.45) is 11.7 Å². The van der Waals surface area contributed by atoms with Crippen molar-refractivity contribution < 1.29 is 37.7 Å². The average molecular weight is 512 g/mol. The van der Waals surface area contributed by atoms with Crippen LogP contribution in [0, 0.1) is 5.92 Å². The highest BCUT2D eigenvalue weighted by Crippen LogP contribution is 2.32. The van der Waals surface area contributed by atoms with Crippen molar-refractivity contribution in [2.75, 3.05) is 18.9 Å². The Morgan fingerprint density at radius 2 is 2.03 bits per heavy atom. The van der Waals surface area contributed by atoms with Crippen molar-refractivity contribution >= 4 is 35.0 Å². The van der Waals surface area contributed by atoms with Gasteiger partial charge >= 0.3 is 17.9 Å². The second-order valence-corrected chi connectivity index (χ2v) is 8.49. The largest absolute Gasteiger partial charge is 0.466 e. The number of nitrogen functional groups attached to an aromatic ring is 1. The number of nitrogens with one attached hydrogen (secondary N) is 1. The topological polar surface area (TPSA) is 204 Å². The molecule has 2 aromatic rings. The number of fused-ring (bicyclic) bond motifs is 1. The Hall–Kier alpha value is -3.59. The molecule has 0 radical (unpaired) electrons. The number of carbonyl (C=O) groups excluding carboxylic acids is 3. The molecular formula is C21H29FN6O8. The van der Waals surface area contributed by atoms with Gasteiger partial charge in [-0.05, 0) is 12.8 Å². The van der Waals surface area contributed by atoms with Crippen LogP contribution in [-0.4, -0.2) is 75.1 Å². The Morgan fingerprint density at radius 1 is 1.31 bits per heavy atom. The molecule has 0 saturated carbocycles. The molecule has 0 bridgehead atoms. The predicted molar refractivity (Wildman–Crippen MR) is 121 cm³/mol. The van der Waals surface area contributed by atoms with E-state index in [-0.39, 0.29) is 36.1 Å². The number of ether oxygens (including phenoxy) is 4. The van der Waals surface area contributed by atoms with E-state index in [1.165, 1.54) is 10.9 Å². The molecule has 198 valence electrons. The Balaban J connectivity index is 1.66. The summed E-state index contributed by atoms with van der Waals surface area (Å²) in [6, 6.07) is -1.03. The van der Waals surface area contributed by atoms with Crippen LogP contribution in [0.5, 0.6) is 0 Å². The summed E-state index contributed by atoms with van der Waals surface area (Å²) in [5.74, 6) is -3.20. The Morgan fingerprint density at radius 3 is 2.69 bits per heavy atom. The molecule has 3 rings (SSSR count). The van der Waals surface area contributed by atoms with E-state index >= 15 is 0 Å². The number of hydrogen-bond donors (Lipinski definition) is 3. The number of hydrogen-bond acceptors (Lipinski definition) is 12. The first-order valence-corrected chi connectivity index (χ1v) is 11.3. The molecule has 3 heterocycles. The quantitative estimate of drug-likeness (QED) is 0.278. The van der Waals surface area contributed by atoms with Gasteiger partial charge in [-0.2, -0.15) is 4.98 Å². The second kappa shape index (κ2) is 11.4. The standard InChI is InChI=1S/C21H29FN6O8/c1-4-33-14(29)6-11(36-20(32)15(23)9(2)3)19(31)34-7-12-10(22)5-13(35-12)28-8-25-16-17(28)26-21(24)27-18(16)30/h8-13,15H,4-7,23H2,1-3H3,(H3,24,26,27,30)/t10?,11?,12-,13-,15+/m1/s1. The summed E-state index contributed by atoms with van der Waals surface area (Å²) in [6.45, 7) is 4.46. The van der Waals surface area contributed by atoms with Crippen LogP contribution in [0.4, 0.5) is 10.3 Å². The van der Waals surface area contributed by atoms with E-state index in [0.717, 1.165) is 0 Å². The lowest BCUT2D eigenvalue weighted by Gasteiger charge is -2.21. The summed E-state index contributed by atoms with van der Waals surface area (Å²) >= 11 is 0. The molecule has 15 heteroatoms. The van der Waals surface area contributed by atoms with Crippen molar-refractivity contribution in [3.8, 4) is 0 Å². The van der Waals surface area contributed by atoms with E-state index in [0.29, 0.717) is 0 Å². The number of aromatic nitrogens is 4. The highest BCUT2D eigenvalue weighted by atomic mass is 19.1. The smallest absolute Gasteiger partial charge is 0.348 e. The van der Waals surface area contributed by atoms with Crippen LogP contribution in [0.1, 0.15) is 39.8 Å². The normalized spacial score (nSPS) is 21.3. The minimum absolute atomic E-state index is 0.00122. The molecular weight excluding hydrogens is 483 g/mol. The molecule has 0 aromatic carbocycles. The van der Waals surface area contributed by atoms with Gasteiger partial charge in [-0.15, -0.1) is 0 Å². The van der Waals surface area contributed by atoms with Gasteiger partial charge in [-0.3, -0.25) is 23.9 Å². The first-order chi connectivity index (χ1) is 17.0. The van der Waals surface area contributed by atoms with Crippen LogP contribution < -0.4 is 17.0 Å². The fraction of sp³-hybridized carbons (Fsp3) is 0.619. The van der Waals surface area contributed by atoms with Crippen molar-refractivity contribution in [1.29, 1.82) is 0 Å². The molecule has 5 N–H and O–H groups in total. The summed E-state index contributed by atoms with van der Waals surface area (Å²) in [6.07, 6.45) is -4.75. The summed E-state index contributed by atoms with van der Waals surface area (Å²) in [5, 5.41) is 0. The molecule has 1 saturated heterocycles. The SMILES string of the molecule is CCOC(=O)CC(OC(=O)[C@@H](N)C(C)C)C(=O)OC[C@H]1O[C@@H](n2cnc3c(=O)[nH]c(N)nc32)CC1F. The van der Waals surface area contributed by atoms with Crippen LogP contribution in [0.2, 0.25) is 0 Å². The molecule has 0 amide bonds. The maximum absolute atomic E-state index is 14.7. The molecule has 0 aliphatic carbocycles. The number of halogens is 1. The average Bonchev–Trinajstić information content (AvgIpc) is 3.39. The minimum atomic E-state index is -1.63. The van der Waals surface area contributed by atoms with Gasteiger partial charge in [0, 0.05) is 6.42 Å². The van der Waals surface area contributed by atoms with Crippen LogP contribution in [-0.2, 0) is 33.3 Å². The van der Waals surface area contributed by atoms with Crippen LogP contribution in [0.3, 0.4) is 0 Å². The zero-order chi connectivity index (χ0) is 26.6. The van der Waals surface area contributed by atoms with Gasteiger partial charge in [-0.1, -0.05) is 13.8 Å². The number of anilines is 1. The number of nitrogens with two attached hydrogens (primary N) is 2. The molecule has 2 aromatic heterocycles. The second-order valence-electron chi connectivity index (χ2n) is 8.49. The van der Waals surface area contributed by atoms with E-state index in [9.17, 15) is 23.6 Å². The fourth-order valence-corrected chi connectivity index (χ4v) is 3.46. The third-order valence-corrected chi connectivity index (χ3v) is 5.48. The van der Waals surface area contributed by atoms with Gasteiger partial charge in [-0.25, -0.2) is 14.2 Å². The number of nitrogens with zero attached hydrogens (tertiary/aromatic N) is 3.